The molecule has 0 radical (unpaired) electrons. The highest BCUT2D eigenvalue weighted by atomic mass is 32.1. The summed E-state index contributed by atoms with van der Waals surface area (Å²) in [5, 5.41) is 8.16. The van der Waals surface area contributed by atoms with Gasteiger partial charge in [-0.25, -0.2) is 0 Å². The van der Waals surface area contributed by atoms with Crippen LogP contribution in [0.3, 0.4) is 0 Å². The van der Waals surface area contributed by atoms with E-state index in [2.05, 4.69) is 10.4 Å². The summed E-state index contributed by atoms with van der Waals surface area (Å²) in [4.78, 5) is 1.94. The number of rotatable bonds is 4. The number of ether oxygens (including phenoxy) is 1. The Morgan fingerprint density at radius 1 is 1.45 bits per heavy atom. The Bertz CT molecular complexity index is 596. The second kappa shape index (κ2) is 6.38. The number of methoxy groups -OCH3 is 1. The van der Waals surface area contributed by atoms with Crippen LogP contribution in [0.4, 0.5) is 5.69 Å². The first-order valence-corrected chi connectivity index (χ1v) is 6.64. The smallest absolute Gasteiger partial charge is 0.173 e. The van der Waals surface area contributed by atoms with Crippen molar-refractivity contribution in [2.24, 2.45) is 7.05 Å². The predicted octanol–water partition coefficient (Wildman–Crippen LogP) is 2.26. The topological polar surface area (TPSA) is 42.3 Å². The zero-order valence-electron chi connectivity index (χ0n) is 11.8. The molecule has 0 amide bonds. The van der Waals surface area contributed by atoms with Crippen LogP contribution in [0.5, 0.6) is 5.75 Å². The molecule has 1 N–H and O–H groups in total. The maximum absolute atomic E-state index is 5.38. The van der Waals surface area contributed by atoms with E-state index >= 15 is 0 Å². The molecule has 0 saturated heterocycles. The number of nitrogens with one attached hydrogen (secondary N) is 1. The predicted molar refractivity (Wildman–Crippen MR) is 83.9 cm³/mol. The molecular formula is C14H18N4OS. The van der Waals surface area contributed by atoms with Crippen molar-refractivity contribution >= 4 is 23.0 Å². The van der Waals surface area contributed by atoms with Crippen LogP contribution in [0.25, 0.3) is 0 Å². The van der Waals surface area contributed by atoms with Gasteiger partial charge >= 0.3 is 0 Å². The van der Waals surface area contributed by atoms with E-state index in [4.69, 9.17) is 17.0 Å². The fraction of sp³-hybridized carbons (Fsp3) is 0.286. The number of hydrogen-bond acceptors (Lipinski definition) is 3. The van der Waals surface area contributed by atoms with E-state index in [1.807, 2.05) is 55.5 Å². The third-order valence-corrected chi connectivity index (χ3v) is 3.25. The number of aryl methyl sites for hydroxylation is 1. The molecule has 0 unspecified atom stereocenters. The van der Waals surface area contributed by atoms with Crippen LogP contribution in [0.2, 0.25) is 0 Å². The summed E-state index contributed by atoms with van der Waals surface area (Å²) >= 11 is 5.38. The van der Waals surface area contributed by atoms with E-state index in [0.717, 1.165) is 17.1 Å². The van der Waals surface area contributed by atoms with Gasteiger partial charge in [0, 0.05) is 32.0 Å². The lowest BCUT2D eigenvalue weighted by Crippen LogP contribution is -2.30. The van der Waals surface area contributed by atoms with Gasteiger partial charge in [0.05, 0.1) is 19.3 Å². The lowest BCUT2D eigenvalue weighted by molar-refractivity contribution is 0.415. The first kappa shape index (κ1) is 14.3. The van der Waals surface area contributed by atoms with Crippen molar-refractivity contribution in [1.29, 1.82) is 0 Å². The molecule has 5 nitrogen and oxygen atoms in total. The van der Waals surface area contributed by atoms with E-state index in [0.29, 0.717) is 11.7 Å². The SMILES string of the molecule is COc1cccc(NC(=S)N(C)Cc2ccn(C)n2)c1. The molecular weight excluding hydrogens is 272 g/mol. The average molecular weight is 290 g/mol. The van der Waals surface area contributed by atoms with Crippen LogP contribution in [0.15, 0.2) is 36.5 Å². The molecule has 6 heteroatoms. The Hall–Kier alpha value is -2.08. The number of aromatic nitrogens is 2. The van der Waals surface area contributed by atoms with Gasteiger partial charge in [-0.15, -0.1) is 0 Å². The first-order chi connectivity index (χ1) is 9.58. The monoisotopic (exact) mass is 290 g/mol. The third kappa shape index (κ3) is 3.71. The quantitative estimate of drug-likeness (QED) is 0.875. The van der Waals surface area contributed by atoms with Crippen molar-refractivity contribution in [2.45, 2.75) is 6.54 Å². The molecule has 1 heterocycles. The summed E-state index contributed by atoms with van der Waals surface area (Å²) in [5.41, 5.74) is 1.88. The number of hydrogen-bond donors (Lipinski definition) is 1. The van der Waals surface area contributed by atoms with Crippen LogP contribution in [-0.4, -0.2) is 34.0 Å². The van der Waals surface area contributed by atoms with Gasteiger partial charge in [0.15, 0.2) is 5.11 Å². The molecule has 1 aromatic heterocycles. The molecule has 20 heavy (non-hydrogen) atoms. The third-order valence-electron chi connectivity index (χ3n) is 2.84. The second-order valence-electron chi connectivity index (χ2n) is 4.50. The normalized spacial score (nSPS) is 10.2. The molecule has 2 rings (SSSR count). The second-order valence-corrected chi connectivity index (χ2v) is 4.89. The van der Waals surface area contributed by atoms with E-state index < -0.39 is 0 Å². The molecule has 0 spiro atoms. The van der Waals surface area contributed by atoms with Crippen LogP contribution >= 0.6 is 12.2 Å². The highest BCUT2D eigenvalue weighted by molar-refractivity contribution is 7.80. The summed E-state index contributed by atoms with van der Waals surface area (Å²) in [6, 6.07) is 9.64. The van der Waals surface area contributed by atoms with Crippen LogP contribution in [-0.2, 0) is 13.6 Å². The summed E-state index contributed by atoms with van der Waals surface area (Å²) in [6.07, 6.45) is 1.92. The molecule has 0 saturated carbocycles. The molecule has 0 bridgehead atoms. The molecule has 0 aliphatic heterocycles. The molecule has 0 atom stereocenters. The Morgan fingerprint density at radius 3 is 2.90 bits per heavy atom. The lowest BCUT2D eigenvalue weighted by atomic mass is 10.3. The van der Waals surface area contributed by atoms with Gasteiger partial charge in [-0.3, -0.25) is 4.68 Å². The standard InChI is InChI=1S/C14H18N4OS/c1-17(10-12-7-8-18(2)16-12)14(20)15-11-5-4-6-13(9-11)19-3/h4-9H,10H2,1-3H3,(H,15,20). The summed E-state index contributed by atoms with van der Waals surface area (Å²) in [5.74, 6) is 0.796. The Balaban J connectivity index is 1.96. The number of benzene rings is 1. The van der Waals surface area contributed by atoms with Crippen LogP contribution < -0.4 is 10.1 Å². The maximum Gasteiger partial charge on any atom is 0.173 e. The zero-order valence-corrected chi connectivity index (χ0v) is 12.6. The Morgan fingerprint density at radius 2 is 2.25 bits per heavy atom. The van der Waals surface area contributed by atoms with Gasteiger partial charge in [0.1, 0.15) is 5.75 Å². The van der Waals surface area contributed by atoms with Crippen LogP contribution in [0, 0.1) is 0 Å². The fourth-order valence-electron chi connectivity index (χ4n) is 1.78. The Kier molecular flexibility index (Phi) is 4.57. The maximum atomic E-state index is 5.38. The van der Waals surface area contributed by atoms with Crippen molar-refractivity contribution in [2.75, 3.05) is 19.5 Å². The van der Waals surface area contributed by atoms with Gasteiger partial charge in [-0.2, -0.15) is 5.10 Å². The van der Waals surface area contributed by atoms with Crippen molar-refractivity contribution in [3.05, 3.63) is 42.2 Å². The minimum atomic E-state index is 0.643. The van der Waals surface area contributed by atoms with Gasteiger partial charge < -0.3 is 15.0 Å². The number of nitrogens with zero attached hydrogens (tertiary/aromatic N) is 3. The van der Waals surface area contributed by atoms with Crippen molar-refractivity contribution in [1.82, 2.24) is 14.7 Å². The lowest BCUT2D eigenvalue weighted by Gasteiger charge is -2.20. The van der Waals surface area contributed by atoms with Gasteiger partial charge in [0.2, 0.25) is 0 Å². The summed E-state index contributed by atoms with van der Waals surface area (Å²) in [7, 11) is 5.48. The van der Waals surface area contributed by atoms with Crippen molar-refractivity contribution in [3.63, 3.8) is 0 Å². The zero-order chi connectivity index (χ0) is 14.5. The van der Waals surface area contributed by atoms with Gasteiger partial charge in [0.25, 0.3) is 0 Å². The van der Waals surface area contributed by atoms with Gasteiger partial charge in [-0.1, -0.05) is 6.07 Å². The highest BCUT2D eigenvalue weighted by Crippen LogP contribution is 2.17. The van der Waals surface area contributed by atoms with E-state index in [9.17, 15) is 0 Å². The highest BCUT2D eigenvalue weighted by Gasteiger charge is 2.07. The van der Waals surface area contributed by atoms with Crippen molar-refractivity contribution in [3.8, 4) is 5.75 Å². The molecule has 2 aromatic rings. The minimum Gasteiger partial charge on any atom is -0.497 e. The van der Waals surface area contributed by atoms with Crippen molar-refractivity contribution < 1.29 is 4.74 Å². The van der Waals surface area contributed by atoms with E-state index in [1.54, 1.807) is 11.8 Å². The molecule has 0 aliphatic rings. The molecule has 1 aromatic carbocycles. The van der Waals surface area contributed by atoms with Crippen LogP contribution in [0.1, 0.15) is 5.69 Å². The van der Waals surface area contributed by atoms with Gasteiger partial charge in [-0.05, 0) is 30.4 Å². The first-order valence-electron chi connectivity index (χ1n) is 6.23. The molecule has 0 aliphatic carbocycles. The largest absolute Gasteiger partial charge is 0.497 e. The fourth-order valence-corrected chi connectivity index (χ4v) is 1.96. The minimum absolute atomic E-state index is 0.643. The Labute approximate surface area is 124 Å². The van der Waals surface area contributed by atoms with E-state index in [1.165, 1.54) is 0 Å². The molecule has 106 valence electrons. The summed E-state index contributed by atoms with van der Waals surface area (Å²) < 4.78 is 6.97. The molecule has 0 fully saturated rings. The number of thiocarbonyl (C=S) groups is 1. The average Bonchev–Trinajstić information content (AvgIpc) is 2.84. The summed E-state index contributed by atoms with van der Waals surface area (Å²) in [6.45, 7) is 0.663. The van der Waals surface area contributed by atoms with E-state index in [-0.39, 0.29) is 0 Å². The number of anilines is 1.